The molecule has 5 N–H and O–H groups in total. The summed E-state index contributed by atoms with van der Waals surface area (Å²) in [6.07, 6.45) is -1.44. The Hall–Kier alpha value is -3.72. The van der Waals surface area contributed by atoms with Crippen molar-refractivity contribution in [3.8, 4) is 11.5 Å². The number of nitrogens with one attached hydrogen (secondary N) is 1. The molecule has 1 aliphatic rings. The van der Waals surface area contributed by atoms with E-state index >= 15 is 0 Å². The number of ether oxygens (including phenoxy) is 4. The molecule has 14 nitrogen and oxygen atoms in total. The fraction of sp³-hybridized carbons (Fsp3) is 0.520. The van der Waals surface area contributed by atoms with Crippen LogP contribution in [0, 0.1) is 15.5 Å². The Morgan fingerprint density at radius 3 is 2.54 bits per heavy atom. The molecule has 0 aliphatic carbocycles. The first-order chi connectivity index (χ1) is 18.4. The zero-order valence-corrected chi connectivity index (χ0v) is 22.3. The molecule has 0 amide bonds. The highest BCUT2D eigenvalue weighted by Gasteiger charge is 2.37. The van der Waals surface area contributed by atoms with Crippen molar-refractivity contribution in [2.24, 2.45) is 5.41 Å². The van der Waals surface area contributed by atoms with Gasteiger partial charge in [-0.25, -0.2) is 0 Å². The van der Waals surface area contributed by atoms with Crippen molar-refractivity contribution in [2.75, 3.05) is 26.6 Å². The van der Waals surface area contributed by atoms with Crippen molar-refractivity contribution >= 4 is 22.7 Å². The van der Waals surface area contributed by atoms with E-state index in [0.717, 1.165) is 0 Å². The third kappa shape index (κ3) is 5.41. The van der Waals surface area contributed by atoms with Crippen LogP contribution in [0.3, 0.4) is 0 Å². The fourth-order valence-corrected chi connectivity index (χ4v) is 4.86. The van der Waals surface area contributed by atoms with Gasteiger partial charge in [-0.15, -0.1) is 0 Å². The molecule has 3 aromatic rings. The summed E-state index contributed by atoms with van der Waals surface area (Å²) in [5.41, 5.74) is 5.41. The third-order valence-electron chi connectivity index (χ3n) is 6.68. The number of nitrogens with zero attached hydrogens (tertiary/aromatic N) is 3. The Bertz CT molecular complexity index is 1430. The summed E-state index contributed by atoms with van der Waals surface area (Å²) in [6.45, 7) is 5.13. The maximum atomic E-state index is 12.9. The van der Waals surface area contributed by atoms with E-state index in [0.29, 0.717) is 11.3 Å². The molecule has 2 aromatic heterocycles. The van der Waals surface area contributed by atoms with Crippen LogP contribution in [0.15, 0.2) is 23.1 Å². The molecule has 1 aromatic carbocycles. The summed E-state index contributed by atoms with van der Waals surface area (Å²) < 4.78 is 24.3. The zero-order valence-electron chi connectivity index (χ0n) is 22.3. The van der Waals surface area contributed by atoms with E-state index in [1.54, 1.807) is 10.8 Å². The van der Waals surface area contributed by atoms with Crippen LogP contribution in [-0.2, 0) is 16.1 Å². The molecule has 2 unspecified atom stereocenters. The van der Waals surface area contributed by atoms with Gasteiger partial charge in [0.15, 0.2) is 17.1 Å². The van der Waals surface area contributed by atoms with E-state index in [1.165, 1.54) is 26.4 Å². The minimum Gasteiger partial charge on any atom is -0.493 e. The van der Waals surface area contributed by atoms with Crippen LogP contribution in [0.4, 0.5) is 11.6 Å². The minimum atomic E-state index is -0.910. The number of hydrogen-bond acceptors (Lipinski definition) is 11. The monoisotopic (exact) mass is 547 g/mol. The molecule has 3 heterocycles. The number of aliphatic hydroxyl groups excluding tert-OH is 2. The minimum absolute atomic E-state index is 0.106. The number of anilines is 1. The predicted octanol–water partition coefficient (Wildman–Crippen LogP) is 2.18. The number of rotatable bonds is 9. The Balaban J connectivity index is 1.78. The van der Waals surface area contributed by atoms with Crippen molar-refractivity contribution in [2.45, 2.75) is 58.3 Å². The van der Waals surface area contributed by atoms with Gasteiger partial charge in [-0.2, -0.15) is 4.98 Å². The van der Waals surface area contributed by atoms with E-state index < -0.39 is 40.4 Å². The predicted molar refractivity (Wildman–Crippen MR) is 140 cm³/mol. The average Bonchev–Trinajstić information content (AvgIpc) is 3.42. The van der Waals surface area contributed by atoms with Crippen LogP contribution >= 0.6 is 0 Å². The van der Waals surface area contributed by atoms with Gasteiger partial charge < -0.3 is 39.5 Å². The Morgan fingerprint density at radius 2 is 1.97 bits per heavy atom. The molecule has 212 valence electrons. The van der Waals surface area contributed by atoms with Gasteiger partial charge in [-0.3, -0.25) is 19.9 Å². The molecule has 4 rings (SSSR count). The van der Waals surface area contributed by atoms with Gasteiger partial charge in [0.1, 0.15) is 12.3 Å². The standard InChI is InChI=1S/C25H33N5O9/c1-25(2,3)21(13-6-16(36-4)17(37-5)7-14(13)30(34)35)38-11-12-9-29(19-8-15(32)18(10-31)39-19)22-20(12)23(33)28-24(26)27-22/h6-7,9,15,18-19,21,31-32H,8,10-11H2,1-5H3,(H3,26,27,28,33)/t15?,18-,19-,21?/m1/s1. The topological polar surface area (TPSA) is 197 Å². The smallest absolute Gasteiger partial charge is 0.279 e. The second-order valence-electron chi connectivity index (χ2n) is 10.4. The first kappa shape index (κ1) is 28.3. The molecule has 1 fully saturated rings. The molecule has 0 bridgehead atoms. The molecule has 4 atom stereocenters. The van der Waals surface area contributed by atoms with Gasteiger partial charge in [0, 0.05) is 18.2 Å². The number of methoxy groups -OCH3 is 2. The van der Waals surface area contributed by atoms with Crippen LogP contribution < -0.4 is 20.8 Å². The molecule has 1 aliphatic heterocycles. The van der Waals surface area contributed by atoms with Crippen LogP contribution in [0.5, 0.6) is 11.5 Å². The van der Waals surface area contributed by atoms with Crippen molar-refractivity contribution < 1.29 is 34.1 Å². The number of nitro groups is 1. The van der Waals surface area contributed by atoms with Crippen LogP contribution in [0.1, 0.15) is 50.7 Å². The summed E-state index contributed by atoms with van der Waals surface area (Å²) in [5, 5.41) is 31.9. The lowest BCUT2D eigenvalue weighted by molar-refractivity contribution is -0.386. The van der Waals surface area contributed by atoms with Crippen molar-refractivity contribution in [1.82, 2.24) is 14.5 Å². The molecule has 39 heavy (non-hydrogen) atoms. The average molecular weight is 548 g/mol. The normalized spacial score (nSPS) is 20.3. The Morgan fingerprint density at radius 1 is 1.31 bits per heavy atom. The summed E-state index contributed by atoms with van der Waals surface area (Å²) >= 11 is 0. The van der Waals surface area contributed by atoms with Crippen LogP contribution in [0.2, 0.25) is 0 Å². The first-order valence-corrected chi connectivity index (χ1v) is 12.2. The van der Waals surface area contributed by atoms with E-state index in [4.69, 9.17) is 24.7 Å². The highest BCUT2D eigenvalue weighted by molar-refractivity contribution is 5.80. The highest BCUT2D eigenvalue weighted by Crippen LogP contribution is 2.45. The molecule has 0 spiro atoms. The Labute approximate surface area is 223 Å². The maximum Gasteiger partial charge on any atom is 0.279 e. The number of nitro benzene ring substituents is 1. The Kier molecular flexibility index (Phi) is 7.84. The molecule has 0 saturated carbocycles. The van der Waals surface area contributed by atoms with Gasteiger partial charge >= 0.3 is 0 Å². The molecule has 14 heteroatoms. The summed E-state index contributed by atoms with van der Waals surface area (Å²) in [6, 6.07) is 2.81. The lowest BCUT2D eigenvalue weighted by Gasteiger charge is -2.31. The zero-order chi connectivity index (χ0) is 28.6. The number of aliphatic hydroxyl groups is 2. The van der Waals surface area contributed by atoms with Gasteiger partial charge in [0.25, 0.3) is 11.2 Å². The van der Waals surface area contributed by atoms with Gasteiger partial charge in [0.05, 0.1) is 61.6 Å². The number of aromatic amines is 1. The van der Waals surface area contributed by atoms with Gasteiger partial charge in [0.2, 0.25) is 5.95 Å². The quantitative estimate of drug-likeness (QED) is 0.226. The van der Waals surface area contributed by atoms with Crippen LogP contribution in [-0.4, -0.2) is 62.7 Å². The number of H-pyrrole nitrogens is 1. The first-order valence-electron chi connectivity index (χ1n) is 12.2. The van der Waals surface area contributed by atoms with Crippen molar-refractivity contribution in [3.05, 3.63) is 49.9 Å². The second kappa shape index (κ2) is 10.8. The van der Waals surface area contributed by atoms with E-state index in [1.807, 2.05) is 20.8 Å². The fourth-order valence-electron chi connectivity index (χ4n) is 4.86. The lowest BCUT2D eigenvalue weighted by Crippen LogP contribution is -2.24. The van der Waals surface area contributed by atoms with Gasteiger partial charge in [-0.05, 0) is 11.5 Å². The maximum absolute atomic E-state index is 12.9. The molecular formula is C25H33N5O9. The molecule has 1 saturated heterocycles. The summed E-state index contributed by atoms with van der Waals surface area (Å²) in [4.78, 5) is 31.2. The van der Waals surface area contributed by atoms with Crippen LogP contribution in [0.25, 0.3) is 11.0 Å². The number of nitrogen functional groups attached to an aromatic ring is 1. The number of aromatic nitrogens is 3. The molecule has 0 radical (unpaired) electrons. The summed E-state index contributed by atoms with van der Waals surface area (Å²) in [5.74, 6) is 0.406. The number of fused-ring (bicyclic) bond motifs is 1. The SMILES string of the molecule is COc1cc(C(OCc2cn([C@H]3CC(O)[C@@H](CO)O3)c3nc(N)[nH]c(=O)c23)C(C)(C)C)c([N+](=O)[O-])cc1OC. The number of nitrogens with two attached hydrogens (primary N) is 1. The number of benzene rings is 1. The summed E-state index contributed by atoms with van der Waals surface area (Å²) in [7, 11) is 2.83. The lowest BCUT2D eigenvalue weighted by atomic mass is 9.83. The second-order valence-corrected chi connectivity index (χ2v) is 10.4. The van der Waals surface area contributed by atoms with E-state index in [-0.39, 0.29) is 53.6 Å². The third-order valence-corrected chi connectivity index (χ3v) is 6.68. The van der Waals surface area contributed by atoms with Crippen molar-refractivity contribution in [1.29, 1.82) is 0 Å². The largest absolute Gasteiger partial charge is 0.493 e. The number of hydrogen-bond donors (Lipinski definition) is 4. The highest BCUT2D eigenvalue weighted by atomic mass is 16.6. The van der Waals surface area contributed by atoms with E-state index in [2.05, 4.69) is 9.97 Å². The van der Waals surface area contributed by atoms with Crippen molar-refractivity contribution in [3.63, 3.8) is 0 Å². The molecular weight excluding hydrogens is 514 g/mol. The van der Waals surface area contributed by atoms with Gasteiger partial charge in [-0.1, -0.05) is 20.8 Å². The van der Waals surface area contributed by atoms with E-state index in [9.17, 15) is 25.1 Å².